The third-order valence-corrected chi connectivity index (χ3v) is 3.45. The fraction of sp³-hybridized carbons (Fsp3) is 0.188. The number of carbonyl (C=O) groups is 2. The fourth-order valence-corrected chi connectivity index (χ4v) is 2.43. The lowest BCUT2D eigenvalue weighted by atomic mass is 9.86. The van der Waals surface area contributed by atoms with Crippen molar-refractivity contribution in [3.63, 3.8) is 0 Å². The Morgan fingerprint density at radius 2 is 2.29 bits per heavy atom. The zero-order chi connectivity index (χ0) is 14.8. The highest BCUT2D eigenvalue weighted by molar-refractivity contribution is 6.13. The van der Waals surface area contributed by atoms with Crippen LogP contribution in [0.3, 0.4) is 0 Å². The van der Waals surface area contributed by atoms with Gasteiger partial charge < -0.3 is 9.73 Å². The van der Waals surface area contributed by atoms with Crippen molar-refractivity contribution in [3.05, 3.63) is 59.7 Å². The Labute approximate surface area is 121 Å². The van der Waals surface area contributed by atoms with Crippen LogP contribution in [-0.2, 0) is 4.79 Å². The molecule has 0 aromatic carbocycles. The number of hydrogen-bond donors (Lipinski definition) is 1. The Balaban J connectivity index is 1.88. The number of rotatable bonds is 2. The van der Waals surface area contributed by atoms with Gasteiger partial charge in [0.25, 0.3) is 0 Å². The van der Waals surface area contributed by atoms with Crippen molar-refractivity contribution in [1.29, 1.82) is 0 Å². The molecule has 0 bridgehead atoms. The molecular weight excluding hydrogens is 268 g/mol. The predicted molar refractivity (Wildman–Crippen MR) is 77.7 cm³/mol. The number of nitrogens with zero attached hydrogens (tertiary/aromatic N) is 1. The first-order valence-corrected chi connectivity index (χ1v) is 6.75. The van der Waals surface area contributed by atoms with Crippen molar-refractivity contribution in [1.82, 2.24) is 5.32 Å². The first kappa shape index (κ1) is 13.3. The molecule has 0 spiro atoms. The van der Waals surface area contributed by atoms with Gasteiger partial charge in [-0.3, -0.25) is 9.59 Å². The van der Waals surface area contributed by atoms with Gasteiger partial charge in [0.15, 0.2) is 5.76 Å². The number of aliphatic imine (C=N–C) groups is 1. The van der Waals surface area contributed by atoms with Gasteiger partial charge in [0.05, 0.1) is 12.0 Å². The molecule has 1 N–H and O–H groups in total. The van der Waals surface area contributed by atoms with Crippen LogP contribution in [0.4, 0.5) is 0 Å². The zero-order valence-corrected chi connectivity index (χ0v) is 11.5. The normalized spacial score (nSPS) is 22.4. The van der Waals surface area contributed by atoms with E-state index in [-0.39, 0.29) is 17.6 Å². The number of carbonyl (C=O) groups excluding carboxylic acids is 2. The molecule has 2 heterocycles. The Morgan fingerprint density at radius 3 is 3.00 bits per heavy atom. The number of furan rings is 1. The number of fused-ring (bicyclic) bond motifs is 1. The molecule has 0 radical (unpaired) electrons. The van der Waals surface area contributed by atoms with Gasteiger partial charge in [0, 0.05) is 17.7 Å². The molecule has 1 aliphatic heterocycles. The summed E-state index contributed by atoms with van der Waals surface area (Å²) in [6.45, 7) is 2.01. The summed E-state index contributed by atoms with van der Waals surface area (Å²) in [5.41, 5.74) is 2.31. The van der Waals surface area contributed by atoms with Crippen LogP contribution in [0.25, 0.3) is 0 Å². The molecular formula is C16H14N2O3. The number of allylic oxidation sites excluding steroid dienone is 3. The lowest BCUT2D eigenvalue weighted by Crippen LogP contribution is -2.33. The first-order chi connectivity index (χ1) is 10.2. The maximum absolute atomic E-state index is 11.9. The van der Waals surface area contributed by atoms with Gasteiger partial charge in [-0.05, 0) is 30.7 Å². The standard InChI is InChI=1S/C16H14N2O3/c1-2-10-8-15(19)18-13-9-11(5-6-12(10)13)17-16(20)14-4-3-7-21-14/h3-9,12H,2H2,1H3,(H,18,19). The molecule has 2 amide bonds. The molecule has 0 saturated carbocycles. The van der Waals surface area contributed by atoms with Crippen molar-refractivity contribution in [2.45, 2.75) is 13.3 Å². The van der Waals surface area contributed by atoms with E-state index in [0.717, 1.165) is 17.7 Å². The summed E-state index contributed by atoms with van der Waals surface area (Å²) in [6.07, 6.45) is 9.32. The van der Waals surface area contributed by atoms with Crippen LogP contribution in [0, 0.1) is 5.92 Å². The van der Waals surface area contributed by atoms with Crippen LogP contribution in [0.1, 0.15) is 23.9 Å². The van der Waals surface area contributed by atoms with Gasteiger partial charge in [0.2, 0.25) is 5.91 Å². The highest BCUT2D eigenvalue weighted by Gasteiger charge is 2.25. The quantitative estimate of drug-likeness (QED) is 0.905. The minimum absolute atomic E-state index is 0.0605. The number of hydrogen-bond acceptors (Lipinski definition) is 3. The molecule has 106 valence electrons. The second kappa shape index (κ2) is 5.36. The lowest BCUT2D eigenvalue weighted by molar-refractivity contribution is -0.116. The van der Waals surface area contributed by atoms with Crippen LogP contribution >= 0.6 is 0 Å². The molecule has 1 aromatic heterocycles. The summed E-state index contributed by atoms with van der Waals surface area (Å²) in [4.78, 5) is 27.5. The van der Waals surface area contributed by atoms with Crippen LogP contribution in [0.2, 0.25) is 0 Å². The molecule has 5 heteroatoms. The summed E-state index contributed by atoms with van der Waals surface area (Å²) < 4.78 is 5.01. The SMILES string of the molecule is CCC1=CC(=O)NC2=CC(=NC(=O)c3ccco3)C=CC12. The summed E-state index contributed by atoms with van der Waals surface area (Å²) in [6, 6.07) is 3.20. The maximum atomic E-state index is 11.9. The molecule has 1 aromatic rings. The molecule has 2 aliphatic rings. The summed E-state index contributed by atoms with van der Waals surface area (Å²) in [5, 5.41) is 2.80. The molecule has 3 rings (SSSR count). The van der Waals surface area contributed by atoms with Crippen molar-refractivity contribution in [2.24, 2.45) is 10.9 Å². The minimum Gasteiger partial charge on any atom is -0.459 e. The fourth-order valence-electron chi connectivity index (χ4n) is 2.43. The Bertz CT molecular complexity index is 706. The van der Waals surface area contributed by atoms with Crippen LogP contribution < -0.4 is 5.32 Å². The van der Waals surface area contributed by atoms with Crippen LogP contribution in [-0.4, -0.2) is 17.5 Å². The number of amides is 2. The van der Waals surface area contributed by atoms with Gasteiger partial charge in [-0.15, -0.1) is 0 Å². The van der Waals surface area contributed by atoms with E-state index in [9.17, 15) is 9.59 Å². The molecule has 5 nitrogen and oxygen atoms in total. The minimum atomic E-state index is -0.441. The zero-order valence-electron chi connectivity index (χ0n) is 11.5. The molecule has 21 heavy (non-hydrogen) atoms. The summed E-state index contributed by atoms with van der Waals surface area (Å²) >= 11 is 0. The average Bonchev–Trinajstić information content (AvgIpc) is 3.00. The predicted octanol–water partition coefficient (Wildman–Crippen LogP) is 2.40. The van der Waals surface area contributed by atoms with E-state index < -0.39 is 5.91 Å². The van der Waals surface area contributed by atoms with Gasteiger partial charge in [-0.1, -0.05) is 18.6 Å². The van der Waals surface area contributed by atoms with Gasteiger partial charge in [-0.25, -0.2) is 4.99 Å². The van der Waals surface area contributed by atoms with Gasteiger partial charge in [0.1, 0.15) is 0 Å². The van der Waals surface area contributed by atoms with Gasteiger partial charge in [-0.2, -0.15) is 0 Å². The van der Waals surface area contributed by atoms with Gasteiger partial charge >= 0.3 is 5.91 Å². The topological polar surface area (TPSA) is 71.7 Å². The molecule has 0 fully saturated rings. The largest absolute Gasteiger partial charge is 0.459 e. The summed E-state index contributed by atoms with van der Waals surface area (Å²) in [7, 11) is 0. The first-order valence-electron chi connectivity index (χ1n) is 6.75. The van der Waals surface area contributed by atoms with Crippen molar-refractivity contribution in [3.8, 4) is 0 Å². The second-order valence-corrected chi connectivity index (χ2v) is 4.82. The average molecular weight is 282 g/mol. The lowest BCUT2D eigenvalue weighted by Gasteiger charge is -2.26. The highest BCUT2D eigenvalue weighted by atomic mass is 16.3. The maximum Gasteiger partial charge on any atom is 0.313 e. The monoisotopic (exact) mass is 282 g/mol. The van der Waals surface area contributed by atoms with E-state index in [1.807, 2.05) is 13.0 Å². The van der Waals surface area contributed by atoms with Crippen LogP contribution in [0.15, 0.2) is 63.4 Å². The third-order valence-electron chi connectivity index (χ3n) is 3.45. The van der Waals surface area contributed by atoms with E-state index >= 15 is 0 Å². The van der Waals surface area contributed by atoms with E-state index in [1.165, 1.54) is 6.26 Å². The smallest absolute Gasteiger partial charge is 0.313 e. The molecule has 1 unspecified atom stereocenters. The Hall–Kier alpha value is -2.69. The Kier molecular flexibility index (Phi) is 3.39. The molecule has 1 aliphatic carbocycles. The van der Waals surface area contributed by atoms with Crippen molar-refractivity contribution >= 4 is 17.5 Å². The number of nitrogens with one attached hydrogen (secondary N) is 1. The van der Waals surface area contributed by atoms with E-state index in [2.05, 4.69) is 10.3 Å². The molecule has 1 atom stereocenters. The highest BCUT2D eigenvalue weighted by Crippen LogP contribution is 2.28. The van der Waals surface area contributed by atoms with E-state index in [0.29, 0.717) is 5.71 Å². The van der Waals surface area contributed by atoms with Crippen LogP contribution in [0.5, 0.6) is 0 Å². The molecule has 0 saturated heterocycles. The van der Waals surface area contributed by atoms with Crippen molar-refractivity contribution < 1.29 is 14.0 Å². The summed E-state index contributed by atoms with van der Waals surface area (Å²) in [5.74, 6) is -0.326. The van der Waals surface area contributed by atoms with E-state index in [1.54, 1.807) is 30.4 Å². The third kappa shape index (κ3) is 2.63. The van der Waals surface area contributed by atoms with E-state index in [4.69, 9.17) is 4.42 Å². The Morgan fingerprint density at radius 1 is 1.43 bits per heavy atom. The van der Waals surface area contributed by atoms with Crippen molar-refractivity contribution in [2.75, 3.05) is 0 Å². The second-order valence-electron chi connectivity index (χ2n) is 4.82.